The van der Waals surface area contributed by atoms with Crippen molar-refractivity contribution in [3.05, 3.63) is 95.6 Å². The third-order valence-electron chi connectivity index (χ3n) is 5.47. The summed E-state index contributed by atoms with van der Waals surface area (Å²) in [5.74, 6) is -0.338. The van der Waals surface area contributed by atoms with E-state index < -0.39 is 0 Å². The van der Waals surface area contributed by atoms with Crippen LogP contribution in [-0.2, 0) is 4.79 Å². The molecule has 0 bridgehead atoms. The maximum atomic E-state index is 13.3. The van der Waals surface area contributed by atoms with Crippen molar-refractivity contribution in [2.24, 2.45) is 0 Å². The van der Waals surface area contributed by atoms with E-state index in [1.807, 2.05) is 66.7 Å². The summed E-state index contributed by atoms with van der Waals surface area (Å²) < 4.78 is 0. The number of amides is 1. The molecule has 1 amide bonds. The second kappa shape index (κ2) is 8.30. The lowest BCUT2D eigenvalue weighted by Crippen LogP contribution is -2.23. The van der Waals surface area contributed by atoms with Crippen molar-refractivity contribution in [2.45, 2.75) is 25.7 Å². The zero-order valence-corrected chi connectivity index (χ0v) is 16.3. The highest BCUT2D eigenvalue weighted by Crippen LogP contribution is 2.29. The van der Waals surface area contributed by atoms with E-state index in [0.29, 0.717) is 0 Å². The summed E-state index contributed by atoms with van der Waals surface area (Å²) in [4.78, 5) is 15.7. The van der Waals surface area contributed by atoms with Gasteiger partial charge in [-0.3, -0.25) is 4.79 Å². The van der Waals surface area contributed by atoms with Gasteiger partial charge in [0.2, 0.25) is 5.91 Å². The van der Waals surface area contributed by atoms with E-state index in [1.54, 1.807) is 0 Å². The molecule has 1 saturated heterocycles. The van der Waals surface area contributed by atoms with Gasteiger partial charge in [0.25, 0.3) is 0 Å². The molecule has 0 aliphatic carbocycles. The maximum Gasteiger partial charge on any atom is 0.236 e. The third kappa shape index (κ3) is 3.94. The molecular weight excluding hydrogens is 344 g/mol. The van der Waals surface area contributed by atoms with Crippen LogP contribution < -0.4 is 10.2 Å². The SMILES string of the molecule is Cc1cc(N2CCCC2)ccc1NC(=O)C(c1ccccc1)c1ccccc1. The Balaban J connectivity index is 1.59. The van der Waals surface area contributed by atoms with Crippen LogP contribution >= 0.6 is 0 Å². The third-order valence-corrected chi connectivity index (χ3v) is 5.47. The molecule has 3 heteroatoms. The Bertz CT molecular complexity index is 892. The fourth-order valence-corrected chi connectivity index (χ4v) is 3.95. The van der Waals surface area contributed by atoms with E-state index in [9.17, 15) is 4.79 Å². The second-order valence-electron chi connectivity index (χ2n) is 7.44. The Kier molecular flexibility index (Phi) is 5.43. The van der Waals surface area contributed by atoms with Crippen molar-refractivity contribution in [3.63, 3.8) is 0 Å². The Labute approximate surface area is 167 Å². The Morgan fingerprint density at radius 3 is 1.96 bits per heavy atom. The molecule has 1 heterocycles. The molecule has 0 saturated carbocycles. The van der Waals surface area contributed by atoms with E-state index in [0.717, 1.165) is 35.5 Å². The summed E-state index contributed by atoms with van der Waals surface area (Å²) in [7, 11) is 0. The first-order valence-electron chi connectivity index (χ1n) is 9.99. The van der Waals surface area contributed by atoms with E-state index in [4.69, 9.17) is 0 Å². The highest BCUT2D eigenvalue weighted by atomic mass is 16.1. The fraction of sp³-hybridized carbons (Fsp3) is 0.240. The van der Waals surface area contributed by atoms with Crippen molar-refractivity contribution in [2.75, 3.05) is 23.3 Å². The Morgan fingerprint density at radius 2 is 1.43 bits per heavy atom. The highest BCUT2D eigenvalue weighted by molar-refractivity contribution is 5.98. The van der Waals surface area contributed by atoms with Gasteiger partial charge in [0.15, 0.2) is 0 Å². The zero-order valence-electron chi connectivity index (χ0n) is 16.3. The molecule has 4 rings (SSSR count). The number of hydrogen-bond acceptors (Lipinski definition) is 2. The number of aryl methyl sites for hydroxylation is 1. The van der Waals surface area contributed by atoms with E-state index in [2.05, 4.69) is 29.3 Å². The molecule has 1 N–H and O–H groups in total. The molecule has 1 aliphatic heterocycles. The molecule has 0 atom stereocenters. The molecule has 142 valence electrons. The predicted octanol–water partition coefficient (Wildman–Crippen LogP) is 5.37. The summed E-state index contributed by atoms with van der Waals surface area (Å²) in [6.45, 7) is 4.31. The molecular formula is C25H26N2O. The minimum Gasteiger partial charge on any atom is -0.372 e. The minimum atomic E-state index is -0.333. The summed E-state index contributed by atoms with van der Waals surface area (Å²) in [6, 6.07) is 26.3. The molecule has 0 radical (unpaired) electrons. The van der Waals surface area contributed by atoms with E-state index in [1.165, 1.54) is 18.5 Å². The van der Waals surface area contributed by atoms with Gasteiger partial charge in [-0.2, -0.15) is 0 Å². The van der Waals surface area contributed by atoms with E-state index >= 15 is 0 Å². The number of carbonyl (C=O) groups excluding carboxylic acids is 1. The normalized spacial score (nSPS) is 13.7. The average molecular weight is 370 g/mol. The molecule has 3 nitrogen and oxygen atoms in total. The van der Waals surface area contributed by atoms with Gasteiger partial charge in [0, 0.05) is 24.5 Å². The maximum absolute atomic E-state index is 13.3. The first-order valence-corrected chi connectivity index (χ1v) is 9.99. The standard InChI is InChI=1S/C25H26N2O/c1-19-18-22(27-16-8-9-17-27)14-15-23(19)26-25(28)24(20-10-4-2-5-11-20)21-12-6-3-7-13-21/h2-7,10-15,18,24H,8-9,16-17H2,1H3,(H,26,28). The number of benzene rings is 3. The lowest BCUT2D eigenvalue weighted by atomic mass is 9.90. The van der Waals surface area contributed by atoms with Crippen molar-refractivity contribution in [1.82, 2.24) is 0 Å². The van der Waals surface area contributed by atoms with Gasteiger partial charge in [0.1, 0.15) is 0 Å². The van der Waals surface area contributed by atoms with Crippen LogP contribution in [0, 0.1) is 6.92 Å². The van der Waals surface area contributed by atoms with Gasteiger partial charge < -0.3 is 10.2 Å². The van der Waals surface area contributed by atoms with Gasteiger partial charge >= 0.3 is 0 Å². The first kappa shape index (κ1) is 18.3. The van der Waals surface area contributed by atoms with Crippen molar-refractivity contribution >= 4 is 17.3 Å². The van der Waals surface area contributed by atoms with Crippen LogP contribution in [0.4, 0.5) is 11.4 Å². The first-order chi connectivity index (χ1) is 13.7. The van der Waals surface area contributed by atoms with Gasteiger partial charge in [0.05, 0.1) is 5.92 Å². The van der Waals surface area contributed by atoms with Crippen LogP contribution in [0.1, 0.15) is 35.4 Å². The average Bonchev–Trinajstić information content (AvgIpc) is 3.26. The van der Waals surface area contributed by atoms with Crippen LogP contribution in [0.15, 0.2) is 78.9 Å². The molecule has 1 aliphatic rings. The van der Waals surface area contributed by atoms with E-state index in [-0.39, 0.29) is 11.8 Å². The quantitative estimate of drug-likeness (QED) is 0.655. The van der Waals surface area contributed by atoms with Crippen molar-refractivity contribution in [1.29, 1.82) is 0 Å². The summed E-state index contributed by atoms with van der Waals surface area (Å²) in [5, 5.41) is 3.17. The lowest BCUT2D eigenvalue weighted by Gasteiger charge is -2.21. The zero-order chi connectivity index (χ0) is 19.3. The summed E-state index contributed by atoms with van der Waals surface area (Å²) >= 11 is 0. The smallest absolute Gasteiger partial charge is 0.236 e. The Hall–Kier alpha value is -3.07. The number of nitrogens with zero attached hydrogens (tertiary/aromatic N) is 1. The molecule has 0 aromatic heterocycles. The number of carbonyl (C=O) groups is 1. The molecule has 0 unspecified atom stereocenters. The predicted molar refractivity (Wildman–Crippen MR) is 116 cm³/mol. The highest BCUT2D eigenvalue weighted by Gasteiger charge is 2.23. The largest absolute Gasteiger partial charge is 0.372 e. The lowest BCUT2D eigenvalue weighted by molar-refractivity contribution is -0.116. The number of rotatable bonds is 5. The fourth-order valence-electron chi connectivity index (χ4n) is 3.95. The van der Waals surface area contributed by atoms with Gasteiger partial charge in [-0.05, 0) is 54.7 Å². The molecule has 3 aromatic carbocycles. The minimum absolute atomic E-state index is 0.00516. The van der Waals surface area contributed by atoms with Crippen LogP contribution in [0.5, 0.6) is 0 Å². The van der Waals surface area contributed by atoms with Crippen molar-refractivity contribution < 1.29 is 4.79 Å². The van der Waals surface area contributed by atoms with Gasteiger partial charge in [-0.15, -0.1) is 0 Å². The summed E-state index contributed by atoms with van der Waals surface area (Å²) in [5.41, 5.74) is 5.22. The molecule has 28 heavy (non-hydrogen) atoms. The van der Waals surface area contributed by atoms with Gasteiger partial charge in [-0.1, -0.05) is 60.7 Å². The van der Waals surface area contributed by atoms with Crippen LogP contribution in [-0.4, -0.2) is 19.0 Å². The number of nitrogens with one attached hydrogen (secondary N) is 1. The van der Waals surface area contributed by atoms with Crippen LogP contribution in [0.25, 0.3) is 0 Å². The summed E-state index contributed by atoms with van der Waals surface area (Å²) in [6.07, 6.45) is 2.51. The molecule has 1 fully saturated rings. The van der Waals surface area contributed by atoms with Gasteiger partial charge in [-0.25, -0.2) is 0 Å². The molecule has 3 aromatic rings. The monoisotopic (exact) mass is 370 g/mol. The molecule has 0 spiro atoms. The van der Waals surface area contributed by atoms with Crippen molar-refractivity contribution in [3.8, 4) is 0 Å². The number of anilines is 2. The number of hydrogen-bond donors (Lipinski definition) is 1. The Morgan fingerprint density at radius 1 is 0.857 bits per heavy atom. The second-order valence-corrected chi connectivity index (χ2v) is 7.44. The topological polar surface area (TPSA) is 32.3 Å². The van der Waals surface area contributed by atoms with Crippen LogP contribution in [0.2, 0.25) is 0 Å². The van der Waals surface area contributed by atoms with Crippen LogP contribution in [0.3, 0.4) is 0 Å².